The van der Waals surface area contributed by atoms with Gasteiger partial charge in [0.15, 0.2) is 5.43 Å². The fourth-order valence-corrected chi connectivity index (χ4v) is 4.46. The summed E-state index contributed by atoms with van der Waals surface area (Å²) in [5, 5.41) is 0.587. The molecule has 0 aliphatic carbocycles. The Balaban J connectivity index is 1.32. The van der Waals surface area contributed by atoms with Gasteiger partial charge in [-0.1, -0.05) is 18.2 Å². The van der Waals surface area contributed by atoms with Crippen LogP contribution in [0.2, 0.25) is 0 Å². The minimum absolute atomic E-state index is 0.00338. The average molecular weight is 455 g/mol. The van der Waals surface area contributed by atoms with Gasteiger partial charge >= 0.3 is 0 Å². The third kappa shape index (κ3) is 4.17. The number of carbonyl (C=O) groups excluding carboxylic acids is 1. The highest BCUT2D eigenvalue weighted by Gasteiger charge is 2.23. The minimum Gasteiger partial charge on any atom is -0.456 e. The van der Waals surface area contributed by atoms with Crippen LogP contribution in [0.15, 0.2) is 64.1 Å². The van der Waals surface area contributed by atoms with Gasteiger partial charge in [0.2, 0.25) is 0 Å². The summed E-state index contributed by atoms with van der Waals surface area (Å²) >= 11 is 0. The summed E-state index contributed by atoms with van der Waals surface area (Å²) in [5.41, 5.74) is 4.79. The quantitative estimate of drug-likeness (QED) is 0.463. The summed E-state index contributed by atoms with van der Waals surface area (Å²) in [4.78, 5) is 38.3. The number of carbonyl (C=O) groups is 1. The van der Waals surface area contributed by atoms with E-state index in [1.807, 2.05) is 56.0 Å². The highest BCUT2D eigenvalue weighted by atomic mass is 16.3. The van der Waals surface area contributed by atoms with Crippen LogP contribution in [-0.2, 0) is 0 Å². The molecule has 0 spiro atoms. The Bertz CT molecular complexity index is 1430. The lowest BCUT2D eigenvalue weighted by Crippen LogP contribution is -2.49. The maximum atomic E-state index is 13.1. The van der Waals surface area contributed by atoms with Crippen molar-refractivity contribution in [2.24, 2.45) is 0 Å². The average Bonchev–Trinajstić information content (AvgIpc) is 2.84. The molecule has 7 nitrogen and oxygen atoms in total. The van der Waals surface area contributed by atoms with E-state index in [0.29, 0.717) is 35.4 Å². The number of benzene rings is 2. The van der Waals surface area contributed by atoms with Crippen molar-refractivity contribution in [3.63, 3.8) is 0 Å². The van der Waals surface area contributed by atoms with Gasteiger partial charge in [-0.2, -0.15) is 0 Å². The maximum Gasteiger partial charge on any atom is 0.253 e. The zero-order valence-electron chi connectivity index (χ0n) is 19.5. The molecule has 3 heterocycles. The molecular weight excluding hydrogens is 428 g/mol. The number of anilines is 1. The molecule has 2 aromatic heterocycles. The van der Waals surface area contributed by atoms with Crippen LogP contribution in [0.5, 0.6) is 0 Å². The normalized spacial score (nSPS) is 14.0. The topological polar surface area (TPSA) is 79.5 Å². The number of fused-ring (bicyclic) bond motifs is 1. The zero-order chi connectivity index (χ0) is 23.8. The molecular formula is C27H26N4O3. The van der Waals surface area contributed by atoms with E-state index in [0.717, 1.165) is 41.3 Å². The Labute approximate surface area is 197 Å². The van der Waals surface area contributed by atoms with Crippen LogP contribution in [0.3, 0.4) is 0 Å². The molecule has 1 aliphatic heterocycles. The summed E-state index contributed by atoms with van der Waals surface area (Å²) < 4.78 is 6.08. The molecule has 4 aromatic rings. The van der Waals surface area contributed by atoms with Crippen molar-refractivity contribution in [2.75, 3.05) is 31.1 Å². The molecule has 2 aromatic carbocycles. The van der Waals surface area contributed by atoms with Gasteiger partial charge in [-0.15, -0.1) is 0 Å². The molecule has 34 heavy (non-hydrogen) atoms. The molecule has 1 amide bonds. The van der Waals surface area contributed by atoms with Crippen molar-refractivity contribution in [3.05, 3.63) is 87.5 Å². The second kappa shape index (κ2) is 8.74. The van der Waals surface area contributed by atoms with E-state index in [1.165, 1.54) is 6.07 Å². The van der Waals surface area contributed by atoms with Crippen LogP contribution >= 0.6 is 0 Å². The summed E-state index contributed by atoms with van der Waals surface area (Å²) in [6.07, 6.45) is 1.57. The first-order chi connectivity index (χ1) is 16.4. The number of rotatable bonds is 3. The van der Waals surface area contributed by atoms with Gasteiger partial charge in [-0.3, -0.25) is 9.59 Å². The van der Waals surface area contributed by atoms with Crippen LogP contribution in [0.4, 0.5) is 5.82 Å². The van der Waals surface area contributed by atoms with Gasteiger partial charge in [0.05, 0.1) is 5.39 Å². The van der Waals surface area contributed by atoms with Crippen LogP contribution < -0.4 is 10.3 Å². The third-order valence-corrected chi connectivity index (χ3v) is 6.26. The van der Waals surface area contributed by atoms with Crippen molar-refractivity contribution < 1.29 is 9.21 Å². The van der Waals surface area contributed by atoms with Crippen molar-refractivity contribution in [1.29, 1.82) is 0 Å². The van der Waals surface area contributed by atoms with Gasteiger partial charge in [0.1, 0.15) is 23.5 Å². The summed E-state index contributed by atoms with van der Waals surface area (Å²) in [7, 11) is 0. The standard InChI is InChI=1S/C27H26N4O3/c1-17-12-18(2)26-22(13-17)23(32)15-24(34-26)20-4-6-21(7-5-20)27(33)31-10-8-30(9-11-31)25-14-19(3)28-16-29-25/h4-7,12-16H,8-11H2,1-3H3. The van der Waals surface area contributed by atoms with Crippen LogP contribution in [-0.4, -0.2) is 47.0 Å². The molecule has 1 aliphatic rings. The van der Waals surface area contributed by atoms with E-state index in [9.17, 15) is 9.59 Å². The maximum absolute atomic E-state index is 13.1. The lowest BCUT2D eigenvalue weighted by atomic mass is 10.0. The van der Waals surface area contributed by atoms with Crippen LogP contribution in [0.1, 0.15) is 27.2 Å². The molecule has 7 heteroatoms. The second-order valence-electron chi connectivity index (χ2n) is 8.81. The number of nitrogens with zero attached hydrogens (tertiary/aromatic N) is 4. The first kappa shape index (κ1) is 21.8. The summed E-state index contributed by atoms with van der Waals surface area (Å²) in [6.45, 7) is 8.55. The molecule has 5 rings (SSSR count). The summed E-state index contributed by atoms with van der Waals surface area (Å²) in [5.74, 6) is 1.39. The number of aryl methyl sites for hydroxylation is 3. The molecule has 0 N–H and O–H groups in total. The van der Waals surface area contributed by atoms with Crippen LogP contribution in [0, 0.1) is 20.8 Å². The fraction of sp³-hybridized carbons (Fsp3) is 0.259. The monoisotopic (exact) mass is 454 g/mol. The van der Waals surface area contributed by atoms with Crippen molar-refractivity contribution in [3.8, 4) is 11.3 Å². The van der Waals surface area contributed by atoms with E-state index in [-0.39, 0.29) is 11.3 Å². The van der Waals surface area contributed by atoms with E-state index < -0.39 is 0 Å². The number of hydrogen-bond donors (Lipinski definition) is 0. The van der Waals surface area contributed by atoms with E-state index in [1.54, 1.807) is 18.5 Å². The summed E-state index contributed by atoms with van der Waals surface area (Å²) in [6, 6.07) is 14.6. The van der Waals surface area contributed by atoms with E-state index in [4.69, 9.17) is 4.42 Å². The highest BCUT2D eigenvalue weighted by molar-refractivity contribution is 5.95. The fourth-order valence-electron chi connectivity index (χ4n) is 4.46. The number of amides is 1. The Morgan fingerprint density at radius 1 is 0.912 bits per heavy atom. The molecule has 1 saturated heterocycles. The van der Waals surface area contributed by atoms with Gasteiger partial charge in [0, 0.05) is 55.1 Å². The van der Waals surface area contributed by atoms with Crippen LogP contribution in [0.25, 0.3) is 22.3 Å². The molecule has 0 saturated carbocycles. The van der Waals surface area contributed by atoms with Gasteiger partial charge in [0.25, 0.3) is 5.91 Å². The Morgan fingerprint density at radius 2 is 1.65 bits per heavy atom. The predicted molar refractivity (Wildman–Crippen MR) is 132 cm³/mol. The molecule has 0 radical (unpaired) electrons. The first-order valence-electron chi connectivity index (χ1n) is 11.4. The SMILES string of the molecule is Cc1cc(C)c2oc(-c3ccc(C(=O)N4CCN(c5cc(C)ncn5)CC4)cc3)cc(=O)c2c1. The predicted octanol–water partition coefficient (Wildman–Crippen LogP) is 4.14. The largest absolute Gasteiger partial charge is 0.456 e. The zero-order valence-corrected chi connectivity index (χ0v) is 19.5. The minimum atomic E-state index is -0.0695. The van der Waals surface area contributed by atoms with Gasteiger partial charge < -0.3 is 14.2 Å². The van der Waals surface area contributed by atoms with Crippen molar-refractivity contribution >= 4 is 22.7 Å². The number of piperazine rings is 1. The Morgan fingerprint density at radius 3 is 2.35 bits per heavy atom. The number of aromatic nitrogens is 2. The number of hydrogen-bond acceptors (Lipinski definition) is 6. The molecule has 0 atom stereocenters. The van der Waals surface area contributed by atoms with Crippen molar-refractivity contribution in [1.82, 2.24) is 14.9 Å². The lowest BCUT2D eigenvalue weighted by molar-refractivity contribution is 0.0746. The molecule has 1 fully saturated rings. The van der Waals surface area contributed by atoms with E-state index >= 15 is 0 Å². The lowest BCUT2D eigenvalue weighted by Gasteiger charge is -2.35. The first-order valence-corrected chi connectivity index (χ1v) is 11.4. The molecule has 0 bridgehead atoms. The van der Waals surface area contributed by atoms with Crippen molar-refractivity contribution in [2.45, 2.75) is 20.8 Å². The highest BCUT2D eigenvalue weighted by Crippen LogP contribution is 2.26. The Kier molecular flexibility index (Phi) is 5.61. The Hall–Kier alpha value is -4.00. The smallest absolute Gasteiger partial charge is 0.253 e. The van der Waals surface area contributed by atoms with Gasteiger partial charge in [-0.25, -0.2) is 9.97 Å². The second-order valence-corrected chi connectivity index (χ2v) is 8.81. The molecule has 0 unspecified atom stereocenters. The van der Waals surface area contributed by atoms with E-state index in [2.05, 4.69) is 14.9 Å². The third-order valence-electron chi connectivity index (χ3n) is 6.26. The van der Waals surface area contributed by atoms with Gasteiger partial charge in [-0.05, 0) is 50.1 Å². The molecule has 172 valence electrons.